The van der Waals surface area contributed by atoms with Crippen LogP contribution in [0.15, 0.2) is 18.2 Å². The molecule has 0 atom stereocenters. The van der Waals surface area contributed by atoms with E-state index in [0.717, 1.165) is 23.1 Å². The molecule has 0 saturated heterocycles. The topological polar surface area (TPSA) is 34.9 Å². The highest BCUT2D eigenvalue weighted by atomic mass is 19.1. The van der Waals surface area contributed by atoms with Crippen LogP contribution in [0, 0.1) is 26.6 Å². The van der Waals surface area contributed by atoms with Gasteiger partial charge in [-0.25, -0.2) is 4.39 Å². The molecular formula is C14H15FN2O. The number of hydrogen-bond donors (Lipinski definition) is 0. The van der Waals surface area contributed by atoms with Gasteiger partial charge in [0, 0.05) is 5.69 Å². The summed E-state index contributed by atoms with van der Waals surface area (Å²) in [4.78, 5) is 10.9. The Bertz CT molecular complexity index is 602. The molecule has 18 heavy (non-hydrogen) atoms. The van der Waals surface area contributed by atoms with Crippen molar-refractivity contribution in [1.82, 2.24) is 9.78 Å². The normalized spacial score (nSPS) is 10.7. The van der Waals surface area contributed by atoms with E-state index in [1.165, 1.54) is 12.1 Å². The molecule has 0 aliphatic heterocycles. The van der Waals surface area contributed by atoms with E-state index in [1.807, 2.05) is 13.8 Å². The summed E-state index contributed by atoms with van der Waals surface area (Å²) in [5.41, 5.74) is 4.02. The van der Waals surface area contributed by atoms with E-state index >= 15 is 0 Å². The predicted molar refractivity (Wildman–Crippen MR) is 67.3 cm³/mol. The lowest BCUT2D eigenvalue weighted by atomic mass is 10.1. The van der Waals surface area contributed by atoms with Crippen molar-refractivity contribution in [3.05, 3.63) is 52.1 Å². The molecule has 1 heterocycles. The van der Waals surface area contributed by atoms with E-state index in [1.54, 1.807) is 17.7 Å². The Morgan fingerprint density at radius 1 is 1.33 bits per heavy atom. The Morgan fingerprint density at radius 3 is 2.67 bits per heavy atom. The third-order valence-corrected chi connectivity index (χ3v) is 3.19. The number of aldehydes is 1. The Morgan fingerprint density at radius 2 is 2.06 bits per heavy atom. The summed E-state index contributed by atoms with van der Waals surface area (Å²) in [6.07, 6.45) is 0.812. The molecule has 0 radical (unpaired) electrons. The molecule has 0 bridgehead atoms. The molecule has 0 amide bonds. The molecule has 2 rings (SSSR count). The Kier molecular flexibility index (Phi) is 3.28. The second kappa shape index (κ2) is 4.72. The van der Waals surface area contributed by atoms with E-state index in [4.69, 9.17) is 0 Å². The van der Waals surface area contributed by atoms with Gasteiger partial charge in [-0.1, -0.05) is 6.07 Å². The Balaban J connectivity index is 2.40. The van der Waals surface area contributed by atoms with Gasteiger partial charge in [0.25, 0.3) is 0 Å². The number of carbonyl (C=O) groups excluding carboxylic acids is 1. The van der Waals surface area contributed by atoms with Gasteiger partial charge in [0.2, 0.25) is 0 Å². The fourth-order valence-electron chi connectivity index (χ4n) is 2.01. The summed E-state index contributed by atoms with van der Waals surface area (Å²) in [6, 6.07) is 4.69. The van der Waals surface area contributed by atoms with E-state index in [2.05, 4.69) is 5.10 Å². The fourth-order valence-corrected chi connectivity index (χ4v) is 2.01. The van der Waals surface area contributed by atoms with Crippen LogP contribution in [-0.4, -0.2) is 16.1 Å². The number of halogens is 1. The summed E-state index contributed by atoms with van der Waals surface area (Å²) in [6.45, 7) is 6.05. The van der Waals surface area contributed by atoms with Gasteiger partial charge >= 0.3 is 0 Å². The maximum atomic E-state index is 13.2. The van der Waals surface area contributed by atoms with Crippen molar-refractivity contribution in [3.63, 3.8) is 0 Å². The third kappa shape index (κ3) is 2.18. The second-order valence-electron chi connectivity index (χ2n) is 4.43. The van der Waals surface area contributed by atoms with Crippen LogP contribution in [0.2, 0.25) is 0 Å². The summed E-state index contributed by atoms with van der Waals surface area (Å²) < 4.78 is 15.0. The van der Waals surface area contributed by atoms with Gasteiger partial charge in [0.05, 0.1) is 17.8 Å². The third-order valence-electron chi connectivity index (χ3n) is 3.19. The van der Waals surface area contributed by atoms with Gasteiger partial charge in [-0.05, 0) is 44.0 Å². The number of rotatable bonds is 3. The zero-order valence-electron chi connectivity index (χ0n) is 10.7. The van der Waals surface area contributed by atoms with Crippen molar-refractivity contribution in [2.24, 2.45) is 0 Å². The van der Waals surface area contributed by atoms with Gasteiger partial charge in [-0.15, -0.1) is 0 Å². The number of aryl methyl sites for hydroxylation is 2. The van der Waals surface area contributed by atoms with Crippen molar-refractivity contribution in [2.45, 2.75) is 27.3 Å². The van der Waals surface area contributed by atoms with E-state index in [-0.39, 0.29) is 5.82 Å². The van der Waals surface area contributed by atoms with Gasteiger partial charge in [0.15, 0.2) is 6.29 Å². The summed E-state index contributed by atoms with van der Waals surface area (Å²) >= 11 is 0. The van der Waals surface area contributed by atoms with Crippen LogP contribution in [0.5, 0.6) is 0 Å². The van der Waals surface area contributed by atoms with Gasteiger partial charge in [-0.2, -0.15) is 5.10 Å². The number of nitrogens with zero attached hydrogens (tertiary/aromatic N) is 2. The molecule has 0 saturated carbocycles. The average molecular weight is 246 g/mol. The minimum atomic E-state index is -0.257. The molecule has 0 fully saturated rings. The quantitative estimate of drug-likeness (QED) is 0.780. The second-order valence-corrected chi connectivity index (χ2v) is 4.43. The number of aromatic nitrogens is 2. The van der Waals surface area contributed by atoms with E-state index in [9.17, 15) is 9.18 Å². The van der Waals surface area contributed by atoms with E-state index < -0.39 is 0 Å². The first-order valence-electron chi connectivity index (χ1n) is 5.77. The van der Waals surface area contributed by atoms with Crippen LogP contribution in [-0.2, 0) is 6.54 Å². The minimum Gasteiger partial charge on any atom is -0.298 e. The summed E-state index contributed by atoms with van der Waals surface area (Å²) in [5, 5.41) is 4.31. The molecule has 4 heteroatoms. The molecule has 3 nitrogen and oxygen atoms in total. The largest absolute Gasteiger partial charge is 0.298 e. The highest BCUT2D eigenvalue weighted by Gasteiger charge is 2.11. The van der Waals surface area contributed by atoms with Gasteiger partial charge in [-0.3, -0.25) is 9.48 Å². The summed E-state index contributed by atoms with van der Waals surface area (Å²) in [7, 11) is 0. The predicted octanol–water partition coefficient (Wildman–Crippen LogP) is 2.81. The van der Waals surface area contributed by atoms with Crippen molar-refractivity contribution in [1.29, 1.82) is 0 Å². The van der Waals surface area contributed by atoms with Crippen molar-refractivity contribution < 1.29 is 9.18 Å². The van der Waals surface area contributed by atoms with E-state index in [0.29, 0.717) is 17.8 Å². The van der Waals surface area contributed by atoms with Crippen molar-refractivity contribution in [3.8, 4) is 0 Å². The zero-order valence-corrected chi connectivity index (χ0v) is 10.7. The average Bonchev–Trinajstić information content (AvgIpc) is 2.59. The SMILES string of the molecule is Cc1ccc(F)cc1Cn1nc(C)c(C=O)c1C. The zero-order chi connectivity index (χ0) is 13.3. The first-order valence-corrected chi connectivity index (χ1v) is 5.77. The molecular weight excluding hydrogens is 231 g/mol. The van der Waals surface area contributed by atoms with Crippen molar-refractivity contribution >= 4 is 6.29 Å². The van der Waals surface area contributed by atoms with Crippen LogP contribution in [0.1, 0.15) is 32.9 Å². The molecule has 0 aliphatic rings. The van der Waals surface area contributed by atoms with Crippen LogP contribution >= 0.6 is 0 Å². The lowest BCUT2D eigenvalue weighted by molar-refractivity contribution is 0.112. The highest BCUT2D eigenvalue weighted by Crippen LogP contribution is 2.15. The van der Waals surface area contributed by atoms with Gasteiger partial charge in [0.1, 0.15) is 5.82 Å². The summed E-state index contributed by atoms with van der Waals surface area (Å²) in [5.74, 6) is -0.257. The molecule has 0 spiro atoms. The molecule has 94 valence electrons. The van der Waals surface area contributed by atoms with Crippen molar-refractivity contribution in [2.75, 3.05) is 0 Å². The minimum absolute atomic E-state index is 0.257. The van der Waals surface area contributed by atoms with Crippen LogP contribution in [0.4, 0.5) is 4.39 Å². The standard InChI is InChI=1S/C14H15FN2O/c1-9-4-5-13(15)6-12(9)7-17-11(3)14(8-18)10(2)16-17/h4-6,8H,7H2,1-3H3. The molecule has 2 aromatic rings. The number of carbonyl (C=O) groups is 1. The molecule has 0 aliphatic carbocycles. The monoisotopic (exact) mass is 246 g/mol. The smallest absolute Gasteiger partial charge is 0.153 e. The highest BCUT2D eigenvalue weighted by molar-refractivity contribution is 5.78. The Labute approximate surface area is 105 Å². The first kappa shape index (κ1) is 12.5. The maximum absolute atomic E-state index is 13.2. The number of hydrogen-bond acceptors (Lipinski definition) is 2. The lowest BCUT2D eigenvalue weighted by Gasteiger charge is -2.08. The molecule has 1 aromatic heterocycles. The molecule has 1 aromatic carbocycles. The molecule has 0 unspecified atom stereocenters. The van der Waals surface area contributed by atoms with Crippen LogP contribution in [0.3, 0.4) is 0 Å². The number of benzene rings is 1. The first-order chi connectivity index (χ1) is 8.52. The fraction of sp³-hybridized carbons (Fsp3) is 0.286. The van der Waals surface area contributed by atoms with Crippen LogP contribution in [0.25, 0.3) is 0 Å². The van der Waals surface area contributed by atoms with Crippen LogP contribution < -0.4 is 0 Å². The Hall–Kier alpha value is -1.97. The molecule has 0 N–H and O–H groups in total. The van der Waals surface area contributed by atoms with Gasteiger partial charge < -0.3 is 0 Å². The lowest BCUT2D eigenvalue weighted by Crippen LogP contribution is -2.06. The maximum Gasteiger partial charge on any atom is 0.153 e.